The lowest BCUT2D eigenvalue weighted by molar-refractivity contribution is 0.391. The smallest absolute Gasteiger partial charge is 0.169 e. The molecule has 9 heavy (non-hydrogen) atoms. The number of nitrogens with two attached hydrogens (primary N) is 1. The number of hydrogen-bond donors (Lipinski definition) is 1. The lowest BCUT2D eigenvalue weighted by Gasteiger charge is -2.13. The number of furan rings is 1. The Morgan fingerprint density at radius 2 is 2.33 bits per heavy atom. The van der Waals surface area contributed by atoms with Gasteiger partial charge in [-0.3, -0.25) is 0 Å². The van der Waals surface area contributed by atoms with Crippen LogP contribution < -0.4 is 5.73 Å². The van der Waals surface area contributed by atoms with E-state index >= 15 is 0 Å². The van der Waals surface area contributed by atoms with E-state index in [4.69, 9.17) is 10.2 Å². The molecular weight excluding hydrogens is 114 g/mol. The van der Waals surface area contributed by atoms with Crippen LogP contribution in [0.15, 0.2) is 16.5 Å². The van der Waals surface area contributed by atoms with E-state index in [9.17, 15) is 0 Å². The highest BCUT2D eigenvalue weighted by molar-refractivity contribution is 5.07. The highest BCUT2D eigenvalue weighted by Gasteiger charge is 2.16. The van der Waals surface area contributed by atoms with Crippen LogP contribution in [0, 0.1) is 6.26 Å². The van der Waals surface area contributed by atoms with Gasteiger partial charge in [0.05, 0.1) is 5.54 Å². The Morgan fingerprint density at radius 3 is 2.56 bits per heavy atom. The fraction of sp³-hybridized carbons (Fsp3) is 0.429. The standard InChI is InChI=1S/C7H10NO/c1-7(2,8)6-4-3-5-9-6/h3-4H,8H2,1-2H3. The molecule has 0 amide bonds. The van der Waals surface area contributed by atoms with Crippen LogP contribution in [0.5, 0.6) is 0 Å². The summed E-state index contributed by atoms with van der Waals surface area (Å²) in [6.45, 7) is 3.78. The molecule has 49 valence electrons. The maximum absolute atomic E-state index is 5.69. The Labute approximate surface area is 54.7 Å². The van der Waals surface area contributed by atoms with E-state index in [1.165, 1.54) is 0 Å². The first-order valence-corrected chi connectivity index (χ1v) is 2.86. The summed E-state index contributed by atoms with van der Waals surface area (Å²) < 4.78 is 4.95. The highest BCUT2D eigenvalue weighted by Crippen LogP contribution is 2.15. The van der Waals surface area contributed by atoms with Gasteiger partial charge in [-0.1, -0.05) is 0 Å². The fourth-order valence-corrected chi connectivity index (χ4v) is 0.588. The van der Waals surface area contributed by atoms with Crippen molar-refractivity contribution in [1.29, 1.82) is 0 Å². The molecule has 0 bridgehead atoms. The molecule has 1 radical (unpaired) electrons. The molecule has 0 saturated heterocycles. The first-order valence-electron chi connectivity index (χ1n) is 2.86. The molecule has 0 aliphatic carbocycles. The first-order chi connectivity index (χ1) is 4.11. The van der Waals surface area contributed by atoms with Crippen LogP contribution >= 0.6 is 0 Å². The Morgan fingerprint density at radius 1 is 1.67 bits per heavy atom. The largest absolute Gasteiger partial charge is 0.456 e. The molecular formula is C7H10NO. The maximum atomic E-state index is 5.69. The van der Waals surface area contributed by atoms with Crippen LogP contribution in [0.25, 0.3) is 0 Å². The lowest BCUT2D eigenvalue weighted by atomic mass is 10.0. The molecule has 2 heteroatoms. The second-order valence-electron chi connectivity index (χ2n) is 2.64. The van der Waals surface area contributed by atoms with Crippen LogP contribution in [-0.4, -0.2) is 0 Å². The van der Waals surface area contributed by atoms with Crippen molar-refractivity contribution < 1.29 is 4.42 Å². The van der Waals surface area contributed by atoms with Crippen molar-refractivity contribution in [2.24, 2.45) is 5.73 Å². The normalized spacial score (nSPS) is 11.9. The van der Waals surface area contributed by atoms with Crippen LogP contribution in [-0.2, 0) is 5.54 Å². The van der Waals surface area contributed by atoms with Crippen LogP contribution in [0.1, 0.15) is 19.6 Å². The predicted molar refractivity (Wildman–Crippen MR) is 34.8 cm³/mol. The second-order valence-corrected chi connectivity index (χ2v) is 2.64. The summed E-state index contributed by atoms with van der Waals surface area (Å²) in [7, 11) is 0. The van der Waals surface area contributed by atoms with Crippen molar-refractivity contribution in [3.63, 3.8) is 0 Å². The van der Waals surface area contributed by atoms with Crippen molar-refractivity contribution in [1.82, 2.24) is 0 Å². The van der Waals surface area contributed by atoms with Gasteiger partial charge in [-0.25, -0.2) is 0 Å². The molecule has 0 aliphatic heterocycles. The van der Waals surface area contributed by atoms with Crippen LogP contribution in [0.2, 0.25) is 0 Å². The molecule has 0 fully saturated rings. The molecule has 0 spiro atoms. The average molecular weight is 124 g/mol. The third kappa shape index (κ3) is 1.33. The van der Waals surface area contributed by atoms with Gasteiger partial charge in [0.15, 0.2) is 6.26 Å². The summed E-state index contributed by atoms with van der Waals surface area (Å²) in [4.78, 5) is 0. The van der Waals surface area contributed by atoms with Gasteiger partial charge in [0.1, 0.15) is 5.76 Å². The van der Waals surface area contributed by atoms with E-state index in [1.807, 2.05) is 19.9 Å². The zero-order chi connectivity index (χ0) is 6.91. The van der Waals surface area contributed by atoms with Gasteiger partial charge in [-0.05, 0) is 26.0 Å². The van der Waals surface area contributed by atoms with Gasteiger partial charge < -0.3 is 10.2 Å². The minimum Gasteiger partial charge on any atom is -0.456 e. The zero-order valence-corrected chi connectivity index (χ0v) is 5.64. The monoisotopic (exact) mass is 124 g/mol. The van der Waals surface area contributed by atoms with Gasteiger partial charge in [0, 0.05) is 0 Å². The van der Waals surface area contributed by atoms with Crippen molar-refractivity contribution >= 4 is 0 Å². The molecule has 1 aromatic rings. The van der Waals surface area contributed by atoms with Gasteiger partial charge in [-0.15, -0.1) is 0 Å². The first kappa shape index (κ1) is 6.36. The highest BCUT2D eigenvalue weighted by atomic mass is 16.3. The summed E-state index contributed by atoms with van der Waals surface area (Å²) in [6, 6.07) is 3.53. The quantitative estimate of drug-likeness (QED) is 0.612. The number of rotatable bonds is 1. The third-order valence-electron chi connectivity index (χ3n) is 1.11. The van der Waals surface area contributed by atoms with E-state index in [0.717, 1.165) is 5.76 Å². The van der Waals surface area contributed by atoms with Crippen molar-refractivity contribution in [2.45, 2.75) is 19.4 Å². The summed E-state index contributed by atoms with van der Waals surface area (Å²) in [5.74, 6) is 0.766. The Hall–Kier alpha value is -0.760. The zero-order valence-electron chi connectivity index (χ0n) is 5.64. The van der Waals surface area contributed by atoms with E-state index < -0.39 is 0 Å². The van der Waals surface area contributed by atoms with E-state index in [2.05, 4.69) is 6.26 Å². The van der Waals surface area contributed by atoms with Gasteiger partial charge in [0.2, 0.25) is 0 Å². The second kappa shape index (κ2) is 1.88. The van der Waals surface area contributed by atoms with Crippen molar-refractivity contribution in [3.05, 3.63) is 24.2 Å². The fourth-order valence-electron chi connectivity index (χ4n) is 0.588. The average Bonchev–Trinajstić information content (AvgIpc) is 2.08. The third-order valence-corrected chi connectivity index (χ3v) is 1.11. The minimum atomic E-state index is -0.375. The van der Waals surface area contributed by atoms with E-state index in [0.29, 0.717) is 0 Å². The van der Waals surface area contributed by atoms with E-state index in [1.54, 1.807) is 6.07 Å². The summed E-state index contributed by atoms with van der Waals surface area (Å²) in [5, 5.41) is 0. The van der Waals surface area contributed by atoms with Crippen molar-refractivity contribution in [3.8, 4) is 0 Å². The molecule has 1 rings (SSSR count). The van der Waals surface area contributed by atoms with Crippen LogP contribution in [0.3, 0.4) is 0 Å². The van der Waals surface area contributed by atoms with Gasteiger partial charge in [0.25, 0.3) is 0 Å². The predicted octanol–water partition coefficient (Wildman–Crippen LogP) is 1.27. The summed E-state index contributed by atoms with van der Waals surface area (Å²) >= 11 is 0. The maximum Gasteiger partial charge on any atom is 0.169 e. The summed E-state index contributed by atoms with van der Waals surface area (Å²) in [5.41, 5.74) is 5.31. The van der Waals surface area contributed by atoms with Crippen molar-refractivity contribution in [2.75, 3.05) is 0 Å². The minimum absolute atomic E-state index is 0.375. The van der Waals surface area contributed by atoms with Gasteiger partial charge >= 0.3 is 0 Å². The van der Waals surface area contributed by atoms with E-state index in [-0.39, 0.29) is 5.54 Å². The molecule has 1 aromatic heterocycles. The molecule has 2 N–H and O–H groups in total. The molecule has 0 unspecified atom stereocenters. The lowest BCUT2D eigenvalue weighted by Crippen LogP contribution is -2.27. The summed E-state index contributed by atoms with van der Waals surface area (Å²) in [6.07, 6.45) is 2.58. The topological polar surface area (TPSA) is 39.2 Å². The van der Waals surface area contributed by atoms with Crippen LogP contribution in [0.4, 0.5) is 0 Å². The molecule has 0 saturated carbocycles. The molecule has 2 nitrogen and oxygen atoms in total. The SMILES string of the molecule is CC(C)(N)c1cc[c]o1. The Kier molecular flexibility index (Phi) is 1.33. The molecule has 0 atom stereocenters. The number of hydrogen-bond acceptors (Lipinski definition) is 2. The molecule has 0 aliphatic rings. The molecule has 1 heterocycles. The molecule has 0 aromatic carbocycles. The Balaban J connectivity index is 2.90. The Bertz CT molecular complexity index is 171. The van der Waals surface area contributed by atoms with Gasteiger partial charge in [-0.2, -0.15) is 0 Å².